The highest BCUT2D eigenvalue weighted by molar-refractivity contribution is 6.08. The summed E-state index contributed by atoms with van der Waals surface area (Å²) >= 11 is 0. The van der Waals surface area contributed by atoms with Crippen LogP contribution in [0.25, 0.3) is 0 Å². The smallest absolute Gasteiger partial charge is 0.331 e. The topological polar surface area (TPSA) is 130 Å². The molecule has 0 bridgehead atoms. The molecule has 3 rings (SSSR count). The largest absolute Gasteiger partial charge is 0.481 e. The molecule has 5 unspecified atom stereocenters. The molecule has 1 aromatic carbocycles. The third-order valence-electron chi connectivity index (χ3n) is 6.59. The number of carboxylic acids is 2. The number of hydrogen-bond donors (Lipinski definition) is 4. The van der Waals surface area contributed by atoms with E-state index in [1.165, 1.54) is 0 Å². The van der Waals surface area contributed by atoms with Gasteiger partial charge in [-0.15, -0.1) is 0 Å². The predicted octanol–water partition coefficient (Wildman–Crippen LogP) is 1.98. The number of carbonyl (C=O) groups is 3. The summed E-state index contributed by atoms with van der Waals surface area (Å²) in [7, 11) is 0. The van der Waals surface area contributed by atoms with Gasteiger partial charge in [0.2, 0.25) is 0 Å². The van der Waals surface area contributed by atoms with Crippen LogP contribution in [0.2, 0.25) is 0 Å². The molecule has 0 aromatic heterocycles. The number of carboxylic acid groups (broad SMARTS) is 2. The molecule has 158 valence electrons. The van der Waals surface area contributed by atoms with Gasteiger partial charge >= 0.3 is 11.9 Å². The first-order valence-corrected chi connectivity index (χ1v) is 10.4. The molecule has 0 radical (unpaired) electrons. The third kappa shape index (κ3) is 4.67. The Morgan fingerprint density at radius 1 is 1.14 bits per heavy atom. The molecule has 5 atom stereocenters. The highest BCUT2D eigenvalue weighted by Gasteiger charge is 2.55. The van der Waals surface area contributed by atoms with Crippen molar-refractivity contribution >= 4 is 17.7 Å². The summed E-state index contributed by atoms with van der Waals surface area (Å²) < 4.78 is 0. The van der Waals surface area contributed by atoms with E-state index in [0.29, 0.717) is 12.8 Å². The number of fused-ring (bicyclic) bond motifs is 1. The van der Waals surface area contributed by atoms with Crippen molar-refractivity contribution in [3.05, 3.63) is 35.9 Å². The maximum atomic E-state index is 13.0. The SMILES string of the molecule is NC(CC(=O)C1(C(=O)O)CC2CCCCC2N1)C(CCc1ccccc1)C(=O)O. The van der Waals surface area contributed by atoms with Gasteiger partial charge in [-0.05, 0) is 43.6 Å². The lowest BCUT2D eigenvalue weighted by Crippen LogP contribution is -2.57. The number of nitrogens with two attached hydrogens (primary N) is 1. The lowest BCUT2D eigenvalue weighted by molar-refractivity contribution is -0.149. The molecule has 0 amide bonds. The zero-order valence-corrected chi connectivity index (χ0v) is 16.5. The van der Waals surface area contributed by atoms with Crippen LogP contribution in [0.4, 0.5) is 0 Å². The van der Waals surface area contributed by atoms with Crippen molar-refractivity contribution in [3.8, 4) is 0 Å². The average molecular weight is 402 g/mol. The van der Waals surface area contributed by atoms with Crippen molar-refractivity contribution in [2.24, 2.45) is 17.6 Å². The Bertz CT molecular complexity index is 737. The van der Waals surface area contributed by atoms with Gasteiger partial charge in [0, 0.05) is 18.5 Å². The van der Waals surface area contributed by atoms with Gasteiger partial charge in [0.25, 0.3) is 0 Å². The monoisotopic (exact) mass is 402 g/mol. The molecule has 7 heteroatoms. The minimum absolute atomic E-state index is 0.0355. The Labute approximate surface area is 170 Å². The van der Waals surface area contributed by atoms with Crippen LogP contribution in [0.5, 0.6) is 0 Å². The second-order valence-electron chi connectivity index (χ2n) is 8.47. The van der Waals surface area contributed by atoms with Crippen LogP contribution >= 0.6 is 0 Å². The van der Waals surface area contributed by atoms with Gasteiger partial charge in [-0.25, -0.2) is 4.79 Å². The van der Waals surface area contributed by atoms with Crippen LogP contribution in [0.15, 0.2) is 30.3 Å². The molecule has 1 aromatic rings. The van der Waals surface area contributed by atoms with Gasteiger partial charge < -0.3 is 15.9 Å². The number of aryl methyl sites for hydroxylation is 1. The predicted molar refractivity (Wildman–Crippen MR) is 107 cm³/mol. The molecule has 7 nitrogen and oxygen atoms in total. The number of nitrogens with one attached hydrogen (secondary N) is 1. The van der Waals surface area contributed by atoms with Crippen LogP contribution in [0.1, 0.15) is 50.5 Å². The first-order chi connectivity index (χ1) is 13.8. The summed E-state index contributed by atoms with van der Waals surface area (Å²) in [5, 5.41) is 22.6. The molecule has 1 aliphatic carbocycles. The highest BCUT2D eigenvalue weighted by atomic mass is 16.4. The van der Waals surface area contributed by atoms with Crippen LogP contribution in [0.3, 0.4) is 0 Å². The van der Waals surface area contributed by atoms with E-state index in [1.807, 2.05) is 30.3 Å². The molecule has 2 fully saturated rings. The maximum absolute atomic E-state index is 13.0. The molecule has 1 heterocycles. The molecule has 1 saturated heterocycles. The molecule has 5 N–H and O–H groups in total. The first-order valence-electron chi connectivity index (χ1n) is 10.4. The average Bonchev–Trinajstić information content (AvgIpc) is 3.10. The van der Waals surface area contributed by atoms with Crippen molar-refractivity contribution in [2.75, 3.05) is 0 Å². The fourth-order valence-corrected chi connectivity index (χ4v) is 4.89. The first kappa shape index (κ1) is 21.5. The van der Waals surface area contributed by atoms with E-state index in [2.05, 4.69) is 5.32 Å². The van der Waals surface area contributed by atoms with Gasteiger partial charge in [-0.1, -0.05) is 43.2 Å². The Hall–Kier alpha value is -2.25. The Morgan fingerprint density at radius 2 is 1.83 bits per heavy atom. The molecular weight excluding hydrogens is 372 g/mol. The number of ketones is 1. The molecule has 1 aliphatic heterocycles. The molecule has 29 heavy (non-hydrogen) atoms. The van der Waals surface area contributed by atoms with Crippen molar-refractivity contribution in [2.45, 2.75) is 69.0 Å². The summed E-state index contributed by atoms with van der Waals surface area (Å²) in [6, 6.07) is 8.60. The minimum Gasteiger partial charge on any atom is -0.481 e. The number of aliphatic carboxylic acids is 2. The van der Waals surface area contributed by atoms with E-state index in [4.69, 9.17) is 5.73 Å². The number of rotatable bonds is 9. The van der Waals surface area contributed by atoms with Crippen LogP contribution in [-0.2, 0) is 20.8 Å². The van der Waals surface area contributed by atoms with Crippen molar-refractivity contribution in [1.29, 1.82) is 0 Å². The van der Waals surface area contributed by atoms with Crippen LogP contribution < -0.4 is 11.1 Å². The lowest BCUT2D eigenvalue weighted by atomic mass is 9.79. The number of benzene rings is 1. The standard InChI is InChI=1S/C22H30N2O5/c23-17(16(20(26)27)11-10-14-6-2-1-3-7-14)12-19(25)22(21(28)29)13-15-8-4-5-9-18(15)24-22/h1-3,6-7,15-18,24H,4-5,8-13,23H2,(H,26,27)(H,28,29). The Morgan fingerprint density at radius 3 is 2.45 bits per heavy atom. The van der Waals surface area contributed by atoms with E-state index < -0.39 is 35.2 Å². The van der Waals surface area contributed by atoms with E-state index >= 15 is 0 Å². The van der Waals surface area contributed by atoms with E-state index in [0.717, 1.165) is 31.2 Å². The molecule has 0 spiro atoms. The van der Waals surface area contributed by atoms with Gasteiger partial charge in [0.1, 0.15) is 0 Å². The van der Waals surface area contributed by atoms with Crippen molar-refractivity contribution in [1.82, 2.24) is 5.32 Å². The fourth-order valence-electron chi connectivity index (χ4n) is 4.89. The van der Waals surface area contributed by atoms with Gasteiger partial charge in [0.05, 0.1) is 5.92 Å². The summed E-state index contributed by atoms with van der Waals surface area (Å²) in [6.07, 6.45) is 4.70. The number of carbonyl (C=O) groups excluding carboxylic acids is 1. The molecule has 1 saturated carbocycles. The van der Waals surface area contributed by atoms with E-state index in [1.54, 1.807) is 0 Å². The van der Waals surface area contributed by atoms with Crippen molar-refractivity contribution < 1.29 is 24.6 Å². The number of hydrogen-bond acceptors (Lipinski definition) is 5. The zero-order chi connectivity index (χ0) is 21.0. The maximum Gasteiger partial charge on any atom is 0.331 e. The normalized spacial score (nSPS) is 28.3. The Balaban J connectivity index is 1.67. The number of Topliss-reactive ketones (excluding diaryl/α,β-unsaturated/α-hetero) is 1. The molecular formula is C22H30N2O5. The van der Waals surface area contributed by atoms with Gasteiger partial charge in [0.15, 0.2) is 11.3 Å². The summed E-state index contributed by atoms with van der Waals surface area (Å²) in [4.78, 5) is 36.9. The third-order valence-corrected chi connectivity index (χ3v) is 6.59. The van der Waals surface area contributed by atoms with Crippen LogP contribution in [0, 0.1) is 11.8 Å². The van der Waals surface area contributed by atoms with Crippen molar-refractivity contribution in [3.63, 3.8) is 0 Å². The summed E-state index contributed by atoms with van der Waals surface area (Å²) in [5.74, 6) is -3.47. The van der Waals surface area contributed by atoms with E-state index in [9.17, 15) is 24.6 Å². The van der Waals surface area contributed by atoms with Gasteiger partial charge in [-0.3, -0.25) is 14.9 Å². The van der Waals surface area contributed by atoms with E-state index in [-0.39, 0.29) is 24.8 Å². The summed E-state index contributed by atoms with van der Waals surface area (Å²) in [5.41, 5.74) is 5.50. The summed E-state index contributed by atoms with van der Waals surface area (Å²) in [6.45, 7) is 0. The lowest BCUT2D eigenvalue weighted by Gasteiger charge is -2.27. The highest BCUT2D eigenvalue weighted by Crippen LogP contribution is 2.39. The second-order valence-corrected chi connectivity index (χ2v) is 8.47. The minimum atomic E-state index is -1.64. The quantitative estimate of drug-likeness (QED) is 0.465. The van der Waals surface area contributed by atoms with Crippen LogP contribution in [-0.4, -0.2) is 45.6 Å². The Kier molecular flexibility index (Phi) is 6.70. The fraction of sp³-hybridized carbons (Fsp3) is 0.591. The van der Waals surface area contributed by atoms with Gasteiger partial charge in [-0.2, -0.15) is 0 Å². The second kappa shape index (κ2) is 9.05. The molecule has 2 aliphatic rings. The zero-order valence-electron chi connectivity index (χ0n) is 16.5.